The first kappa shape index (κ1) is 17.2. The van der Waals surface area contributed by atoms with Gasteiger partial charge >= 0.3 is 6.03 Å². The highest BCUT2D eigenvalue weighted by Crippen LogP contribution is 2.30. The van der Waals surface area contributed by atoms with Crippen LogP contribution in [-0.4, -0.2) is 56.5 Å². The maximum Gasteiger partial charge on any atom is 0.317 e. The van der Waals surface area contributed by atoms with Crippen LogP contribution in [0.2, 0.25) is 0 Å². The van der Waals surface area contributed by atoms with E-state index in [1.165, 1.54) is 11.6 Å². The van der Waals surface area contributed by atoms with Gasteiger partial charge in [-0.05, 0) is 48.9 Å². The molecule has 6 heteroatoms. The van der Waals surface area contributed by atoms with Gasteiger partial charge in [0, 0.05) is 19.6 Å². The highest BCUT2D eigenvalue weighted by atomic mass is 19.1. The molecule has 0 radical (unpaired) electrons. The number of benzene rings is 1. The molecule has 0 spiro atoms. The number of amides is 2. The molecular formula is C18H25FN2O3. The first-order chi connectivity index (χ1) is 11.6. The molecule has 1 atom stereocenters. The van der Waals surface area contributed by atoms with Gasteiger partial charge in [0.2, 0.25) is 0 Å². The smallest absolute Gasteiger partial charge is 0.317 e. The third-order valence-electron chi connectivity index (χ3n) is 4.82. The van der Waals surface area contributed by atoms with Gasteiger partial charge < -0.3 is 19.7 Å². The Balaban J connectivity index is 1.46. The molecule has 5 nitrogen and oxygen atoms in total. The van der Waals surface area contributed by atoms with Crippen LogP contribution in [-0.2, 0) is 9.47 Å². The van der Waals surface area contributed by atoms with Crippen LogP contribution in [0, 0.1) is 12.7 Å². The Morgan fingerprint density at radius 2 is 2.12 bits per heavy atom. The van der Waals surface area contributed by atoms with Gasteiger partial charge in [0.15, 0.2) is 0 Å². The van der Waals surface area contributed by atoms with E-state index in [0.29, 0.717) is 32.3 Å². The molecule has 24 heavy (non-hydrogen) atoms. The first-order valence-electron chi connectivity index (χ1n) is 8.61. The number of hydrogen-bond acceptors (Lipinski definition) is 3. The maximum absolute atomic E-state index is 13.2. The lowest BCUT2D eigenvalue weighted by atomic mass is 9.87. The summed E-state index contributed by atoms with van der Waals surface area (Å²) in [6.45, 7) is 5.61. The number of nitrogens with one attached hydrogen (secondary N) is 1. The molecule has 2 amide bonds. The standard InChI is InChI=1S/C18H25FN2O3/c1-13-10-15(19)2-3-17(13)14-4-6-21(7-5-14)18(22)20-11-16-12-23-8-9-24-16/h2-3,10,14,16H,4-9,11-12H2,1H3,(H,20,22). The van der Waals surface area contributed by atoms with Crippen LogP contribution < -0.4 is 5.32 Å². The van der Waals surface area contributed by atoms with Crippen molar-refractivity contribution in [1.82, 2.24) is 10.2 Å². The number of aryl methyl sites for hydroxylation is 1. The van der Waals surface area contributed by atoms with Crippen LogP contribution in [0.4, 0.5) is 9.18 Å². The van der Waals surface area contributed by atoms with Crippen molar-refractivity contribution in [3.05, 3.63) is 35.1 Å². The summed E-state index contributed by atoms with van der Waals surface area (Å²) >= 11 is 0. The molecule has 1 aromatic rings. The van der Waals surface area contributed by atoms with E-state index in [-0.39, 0.29) is 18.0 Å². The molecule has 1 unspecified atom stereocenters. The van der Waals surface area contributed by atoms with Crippen molar-refractivity contribution in [2.24, 2.45) is 0 Å². The molecule has 0 aromatic heterocycles. The second-order valence-electron chi connectivity index (χ2n) is 6.52. The molecule has 2 fully saturated rings. The molecule has 3 rings (SSSR count). The molecule has 132 valence electrons. The molecule has 2 heterocycles. The number of likely N-dealkylation sites (tertiary alicyclic amines) is 1. The molecule has 0 bridgehead atoms. The van der Waals surface area contributed by atoms with Crippen LogP contribution in [0.5, 0.6) is 0 Å². The van der Waals surface area contributed by atoms with Gasteiger partial charge in [0.05, 0.1) is 25.9 Å². The summed E-state index contributed by atoms with van der Waals surface area (Å²) < 4.78 is 24.1. The van der Waals surface area contributed by atoms with Crippen molar-refractivity contribution >= 4 is 6.03 Å². The highest BCUT2D eigenvalue weighted by molar-refractivity contribution is 5.74. The number of hydrogen-bond donors (Lipinski definition) is 1. The molecule has 2 saturated heterocycles. The van der Waals surface area contributed by atoms with Gasteiger partial charge in [-0.3, -0.25) is 0 Å². The number of carbonyl (C=O) groups is 1. The summed E-state index contributed by atoms with van der Waals surface area (Å²) in [6.07, 6.45) is 1.76. The molecular weight excluding hydrogens is 311 g/mol. The Morgan fingerprint density at radius 3 is 2.79 bits per heavy atom. The fourth-order valence-corrected chi connectivity index (χ4v) is 3.46. The second-order valence-corrected chi connectivity index (χ2v) is 6.52. The van der Waals surface area contributed by atoms with Gasteiger partial charge in [-0.15, -0.1) is 0 Å². The zero-order valence-electron chi connectivity index (χ0n) is 14.1. The molecule has 0 aliphatic carbocycles. The van der Waals surface area contributed by atoms with Crippen molar-refractivity contribution in [2.45, 2.75) is 31.8 Å². The molecule has 2 aliphatic rings. The Labute approximate surface area is 142 Å². The largest absolute Gasteiger partial charge is 0.376 e. The number of halogens is 1. The lowest BCUT2D eigenvalue weighted by Crippen LogP contribution is -2.47. The van der Waals surface area contributed by atoms with Gasteiger partial charge in [0.1, 0.15) is 5.82 Å². The fraction of sp³-hybridized carbons (Fsp3) is 0.611. The summed E-state index contributed by atoms with van der Waals surface area (Å²) in [5, 5.41) is 2.93. The van der Waals surface area contributed by atoms with E-state index < -0.39 is 0 Å². The van der Waals surface area contributed by atoms with Crippen LogP contribution in [0.15, 0.2) is 18.2 Å². The second kappa shape index (κ2) is 7.94. The predicted octanol–water partition coefficient (Wildman–Crippen LogP) is 2.44. The minimum Gasteiger partial charge on any atom is -0.376 e. The third-order valence-corrected chi connectivity index (χ3v) is 4.82. The van der Waals surface area contributed by atoms with Crippen molar-refractivity contribution in [1.29, 1.82) is 0 Å². The molecule has 2 aliphatic heterocycles. The SMILES string of the molecule is Cc1cc(F)ccc1C1CCN(C(=O)NCC2COCCO2)CC1. The van der Waals surface area contributed by atoms with E-state index in [1.54, 1.807) is 6.07 Å². The number of urea groups is 1. The maximum atomic E-state index is 13.2. The minimum absolute atomic E-state index is 0.0431. The Morgan fingerprint density at radius 1 is 1.33 bits per heavy atom. The van der Waals surface area contributed by atoms with Crippen LogP contribution in [0.1, 0.15) is 29.9 Å². The number of piperidine rings is 1. The Kier molecular flexibility index (Phi) is 5.68. The fourth-order valence-electron chi connectivity index (χ4n) is 3.46. The van der Waals surface area contributed by atoms with Crippen LogP contribution >= 0.6 is 0 Å². The average molecular weight is 336 g/mol. The zero-order chi connectivity index (χ0) is 16.9. The van der Waals surface area contributed by atoms with Gasteiger partial charge in [-0.1, -0.05) is 6.07 Å². The summed E-state index contributed by atoms with van der Waals surface area (Å²) in [5.74, 6) is 0.201. The van der Waals surface area contributed by atoms with Crippen LogP contribution in [0.25, 0.3) is 0 Å². The topological polar surface area (TPSA) is 50.8 Å². The van der Waals surface area contributed by atoms with E-state index in [4.69, 9.17) is 9.47 Å². The van der Waals surface area contributed by atoms with Gasteiger partial charge in [-0.2, -0.15) is 0 Å². The lowest BCUT2D eigenvalue weighted by molar-refractivity contribution is -0.0856. The van der Waals surface area contributed by atoms with Crippen molar-refractivity contribution < 1.29 is 18.7 Å². The van der Waals surface area contributed by atoms with E-state index in [2.05, 4.69) is 5.32 Å². The average Bonchev–Trinajstić information content (AvgIpc) is 2.61. The van der Waals surface area contributed by atoms with Crippen molar-refractivity contribution in [2.75, 3.05) is 39.5 Å². The lowest BCUT2D eigenvalue weighted by Gasteiger charge is -2.33. The number of rotatable bonds is 3. The summed E-state index contributed by atoms with van der Waals surface area (Å²) in [6, 6.07) is 4.94. The number of nitrogens with zero attached hydrogens (tertiary/aromatic N) is 1. The molecule has 1 N–H and O–H groups in total. The predicted molar refractivity (Wildman–Crippen MR) is 88.6 cm³/mol. The highest BCUT2D eigenvalue weighted by Gasteiger charge is 2.25. The van der Waals surface area contributed by atoms with E-state index in [1.807, 2.05) is 17.9 Å². The van der Waals surface area contributed by atoms with E-state index in [0.717, 1.165) is 31.5 Å². The molecule has 0 saturated carbocycles. The first-order valence-corrected chi connectivity index (χ1v) is 8.61. The number of ether oxygens (including phenoxy) is 2. The quantitative estimate of drug-likeness (QED) is 0.922. The van der Waals surface area contributed by atoms with E-state index in [9.17, 15) is 9.18 Å². The normalized spacial score (nSPS) is 22.4. The Bertz CT molecular complexity index is 567. The summed E-state index contributed by atoms with van der Waals surface area (Å²) in [7, 11) is 0. The molecule has 1 aromatic carbocycles. The third kappa shape index (κ3) is 4.24. The van der Waals surface area contributed by atoms with Crippen molar-refractivity contribution in [3.8, 4) is 0 Å². The monoisotopic (exact) mass is 336 g/mol. The van der Waals surface area contributed by atoms with Gasteiger partial charge in [-0.25, -0.2) is 9.18 Å². The van der Waals surface area contributed by atoms with Crippen LogP contribution in [0.3, 0.4) is 0 Å². The summed E-state index contributed by atoms with van der Waals surface area (Å²) in [4.78, 5) is 14.1. The van der Waals surface area contributed by atoms with Gasteiger partial charge in [0.25, 0.3) is 0 Å². The Hall–Kier alpha value is -1.66. The minimum atomic E-state index is -0.193. The van der Waals surface area contributed by atoms with Crippen molar-refractivity contribution in [3.63, 3.8) is 0 Å². The van der Waals surface area contributed by atoms with E-state index >= 15 is 0 Å². The zero-order valence-corrected chi connectivity index (χ0v) is 14.1. The summed E-state index contributed by atoms with van der Waals surface area (Å²) in [5.41, 5.74) is 2.19. The number of carbonyl (C=O) groups excluding carboxylic acids is 1.